The molecule has 0 atom stereocenters. The maximum atomic E-state index is 13.1. The molecule has 1 amide bonds. The molecule has 0 unspecified atom stereocenters. The topological polar surface area (TPSA) is 57.7 Å². The highest BCUT2D eigenvalue weighted by Crippen LogP contribution is 2.29. The Kier molecular flexibility index (Phi) is 6.03. The quantitative estimate of drug-likeness (QED) is 0.805. The minimum atomic E-state index is -3.62. The van der Waals surface area contributed by atoms with Crippen LogP contribution in [0, 0.1) is 5.92 Å². The molecule has 0 N–H and O–H groups in total. The lowest BCUT2D eigenvalue weighted by atomic mass is 9.86. The van der Waals surface area contributed by atoms with Crippen molar-refractivity contribution in [2.45, 2.75) is 62.8 Å². The summed E-state index contributed by atoms with van der Waals surface area (Å²) in [5.41, 5.74) is 0.305. The van der Waals surface area contributed by atoms with Crippen LogP contribution in [0.3, 0.4) is 0 Å². The van der Waals surface area contributed by atoms with Gasteiger partial charge in [0.15, 0.2) is 0 Å². The highest BCUT2D eigenvalue weighted by atomic mass is 32.2. The normalized spacial score (nSPS) is 25.0. The van der Waals surface area contributed by atoms with Gasteiger partial charge in [-0.1, -0.05) is 25.5 Å². The van der Waals surface area contributed by atoms with E-state index in [0.29, 0.717) is 24.6 Å². The summed E-state index contributed by atoms with van der Waals surface area (Å²) in [6.45, 7) is 3.33. The van der Waals surface area contributed by atoms with Crippen LogP contribution >= 0.6 is 0 Å². The third-order valence-corrected chi connectivity index (χ3v) is 7.86. The van der Waals surface area contributed by atoms with E-state index in [1.54, 1.807) is 29.2 Å². The molecule has 0 aromatic heterocycles. The number of carbonyl (C=O) groups is 1. The predicted molar refractivity (Wildman–Crippen MR) is 103 cm³/mol. The van der Waals surface area contributed by atoms with Crippen molar-refractivity contribution in [3.05, 3.63) is 29.8 Å². The van der Waals surface area contributed by atoms with Crippen LogP contribution in [0.1, 0.15) is 62.2 Å². The van der Waals surface area contributed by atoms with Gasteiger partial charge in [0.05, 0.1) is 10.5 Å². The molecule has 1 aliphatic heterocycles. The minimum absolute atomic E-state index is 0.155. The van der Waals surface area contributed by atoms with Crippen LogP contribution in [0.2, 0.25) is 0 Å². The molecule has 6 heteroatoms. The van der Waals surface area contributed by atoms with Crippen molar-refractivity contribution in [3.63, 3.8) is 0 Å². The molecule has 1 saturated carbocycles. The summed E-state index contributed by atoms with van der Waals surface area (Å²) in [6, 6.07) is 6.88. The van der Waals surface area contributed by atoms with Gasteiger partial charge < -0.3 is 4.90 Å². The molecule has 0 spiro atoms. The summed E-state index contributed by atoms with van der Waals surface area (Å²) in [5, 5.41) is 0. The number of hydrogen-bond acceptors (Lipinski definition) is 3. The molecular formula is C20H30N2O3S. The number of rotatable bonds is 4. The highest BCUT2D eigenvalue weighted by Gasteiger charge is 2.32. The van der Waals surface area contributed by atoms with Gasteiger partial charge in [0, 0.05) is 26.2 Å². The van der Waals surface area contributed by atoms with Crippen LogP contribution in [-0.2, 0) is 10.0 Å². The first-order chi connectivity index (χ1) is 12.4. The van der Waals surface area contributed by atoms with E-state index in [9.17, 15) is 13.2 Å². The molecule has 0 radical (unpaired) electrons. The van der Waals surface area contributed by atoms with Gasteiger partial charge in [0.2, 0.25) is 10.0 Å². The van der Waals surface area contributed by atoms with Gasteiger partial charge in [-0.15, -0.1) is 0 Å². The Labute approximate surface area is 157 Å². The molecule has 144 valence electrons. The molecule has 1 aliphatic carbocycles. The van der Waals surface area contributed by atoms with Crippen LogP contribution in [0.4, 0.5) is 0 Å². The Morgan fingerprint density at radius 2 is 1.65 bits per heavy atom. The van der Waals surface area contributed by atoms with Gasteiger partial charge in [-0.25, -0.2) is 8.42 Å². The zero-order valence-corrected chi connectivity index (χ0v) is 16.7. The minimum Gasteiger partial charge on any atom is -0.339 e. The first-order valence-corrected chi connectivity index (χ1v) is 11.2. The van der Waals surface area contributed by atoms with Crippen molar-refractivity contribution in [2.24, 2.45) is 5.92 Å². The number of piperidine rings is 1. The number of amides is 1. The summed E-state index contributed by atoms with van der Waals surface area (Å²) >= 11 is 0. The second-order valence-electron chi connectivity index (χ2n) is 7.79. The monoisotopic (exact) mass is 378 g/mol. The van der Waals surface area contributed by atoms with Gasteiger partial charge in [-0.3, -0.25) is 4.79 Å². The van der Waals surface area contributed by atoms with Crippen molar-refractivity contribution in [3.8, 4) is 0 Å². The molecule has 1 saturated heterocycles. The van der Waals surface area contributed by atoms with Gasteiger partial charge in [-0.2, -0.15) is 4.31 Å². The van der Waals surface area contributed by atoms with Crippen molar-refractivity contribution in [2.75, 3.05) is 20.1 Å². The molecule has 1 aromatic rings. The molecule has 1 heterocycles. The highest BCUT2D eigenvalue weighted by molar-refractivity contribution is 7.89. The van der Waals surface area contributed by atoms with Gasteiger partial charge in [0.25, 0.3) is 5.91 Å². The zero-order valence-electron chi connectivity index (χ0n) is 15.9. The van der Waals surface area contributed by atoms with E-state index in [1.165, 1.54) is 4.31 Å². The van der Waals surface area contributed by atoms with Crippen molar-refractivity contribution < 1.29 is 13.2 Å². The van der Waals surface area contributed by atoms with Crippen LogP contribution in [-0.4, -0.2) is 49.7 Å². The number of carbonyl (C=O) groups excluding carboxylic acids is 1. The third-order valence-electron chi connectivity index (χ3n) is 5.90. The average Bonchev–Trinajstić information content (AvgIpc) is 2.68. The fourth-order valence-corrected chi connectivity index (χ4v) is 5.80. The molecule has 26 heavy (non-hydrogen) atoms. The molecule has 3 rings (SSSR count). The second-order valence-corrected chi connectivity index (χ2v) is 9.70. The summed E-state index contributed by atoms with van der Waals surface area (Å²) in [4.78, 5) is 15.0. The van der Waals surface area contributed by atoms with Crippen molar-refractivity contribution in [1.29, 1.82) is 0 Å². The van der Waals surface area contributed by atoms with E-state index in [0.717, 1.165) is 44.9 Å². The summed E-state index contributed by atoms with van der Waals surface area (Å²) in [6.07, 6.45) is 7.06. The summed E-state index contributed by atoms with van der Waals surface area (Å²) < 4.78 is 27.8. The Balaban J connectivity index is 1.85. The number of sulfonamides is 1. The number of hydrogen-bond donors (Lipinski definition) is 0. The lowest BCUT2D eigenvalue weighted by Gasteiger charge is -2.34. The summed E-state index contributed by atoms with van der Waals surface area (Å²) in [7, 11) is -1.81. The largest absolute Gasteiger partial charge is 0.339 e. The van der Waals surface area contributed by atoms with Gasteiger partial charge in [-0.05, 0) is 56.6 Å². The maximum absolute atomic E-state index is 13.1. The first kappa shape index (κ1) is 19.4. The summed E-state index contributed by atoms with van der Waals surface area (Å²) in [5.74, 6) is 0.530. The molecule has 2 aliphatic rings. The molecule has 0 bridgehead atoms. The van der Waals surface area contributed by atoms with Crippen LogP contribution < -0.4 is 0 Å². The van der Waals surface area contributed by atoms with E-state index in [-0.39, 0.29) is 16.8 Å². The van der Waals surface area contributed by atoms with Crippen LogP contribution in [0.5, 0.6) is 0 Å². The van der Waals surface area contributed by atoms with Gasteiger partial charge >= 0.3 is 0 Å². The lowest BCUT2D eigenvalue weighted by molar-refractivity contribution is 0.0675. The Bertz CT molecular complexity index is 733. The van der Waals surface area contributed by atoms with E-state index >= 15 is 0 Å². The maximum Gasteiger partial charge on any atom is 0.255 e. The fraction of sp³-hybridized carbons (Fsp3) is 0.650. The standard InChI is InChI=1S/C20H30N2O3S/c1-16-10-12-17(13-11-16)21(2)20(23)18-8-4-5-9-19(18)26(24,25)22-14-6-3-7-15-22/h4-5,8-9,16-17H,3,6-7,10-15H2,1-2H3. The third kappa shape index (κ3) is 3.96. The molecular weight excluding hydrogens is 348 g/mol. The molecule has 2 fully saturated rings. The molecule has 5 nitrogen and oxygen atoms in total. The number of benzene rings is 1. The van der Waals surface area contributed by atoms with E-state index < -0.39 is 10.0 Å². The second kappa shape index (κ2) is 8.09. The fourth-order valence-electron chi connectivity index (χ4n) is 4.10. The smallest absolute Gasteiger partial charge is 0.255 e. The molecule has 1 aromatic carbocycles. The van der Waals surface area contributed by atoms with Gasteiger partial charge in [0.1, 0.15) is 0 Å². The lowest BCUT2D eigenvalue weighted by Crippen LogP contribution is -2.41. The van der Waals surface area contributed by atoms with Crippen LogP contribution in [0.15, 0.2) is 29.2 Å². The van der Waals surface area contributed by atoms with E-state index in [2.05, 4.69) is 6.92 Å². The van der Waals surface area contributed by atoms with Crippen molar-refractivity contribution in [1.82, 2.24) is 9.21 Å². The number of nitrogens with zero attached hydrogens (tertiary/aromatic N) is 2. The first-order valence-electron chi connectivity index (χ1n) is 9.77. The zero-order chi connectivity index (χ0) is 18.7. The SMILES string of the molecule is CC1CCC(N(C)C(=O)c2ccccc2S(=O)(=O)N2CCCCC2)CC1. The van der Waals surface area contributed by atoms with Crippen molar-refractivity contribution >= 4 is 15.9 Å². The Hall–Kier alpha value is -1.40. The Morgan fingerprint density at radius 3 is 2.31 bits per heavy atom. The Morgan fingerprint density at radius 1 is 1.04 bits per heavy atom. The van der Waals surface area contributed by atoms with E-state index in [1.807, 2.05) is 7.05 Å². The van der Waals surface area contributed by atoms with E-state index in [4.69, 9.17) is 0 Å². The average molecular weight is 379 g/mol. The van der Waals surface area contributed by atoms with Crippen LogP contribution in [0.25, 0.3) is 0 Å². The predicted octanol–water partition coefficient (Wildman–Crippen LogP) is 3.51.